The monoisotopic (exact) mass is 680 g/mol. The maximum atomic E-state index is 13.4. The Labute approximate surface area is 258 Å². The number of nitrogens with zero attached hydrogens (tertiary/aromatic N) is 4. The lowest BCUT2D eigenvalue weighted by atomic mass is 10.0. The highest BCUT2D eigenvalue weighted by molar-refractivity contribution is 7.89. The average Bonchev–Trinajstić information content (AvgIpc) is 2.87. The fourth-order valence-corrected chi connectivity index (χ4v) is 5.61. The van der Waals surface area contributed by atoms with Gasteiger partial charge in [0.25, 0.3) is 5.91 Å². The Hall–Kier alpha value is -3.60. The quantitative estimate of drug-likeness (QED) is 0.267. The van der Waals surface area contributed by atoms with E-state index in [0.29, 0.717) is 12.2 Å². The molecule has 10 nitrogen and oxygen atoms in total. The summed E-state index contributed by atoms with van der Waals surface area (Å²) in [5.74, 6) is -2.04. The van der Waals surface area contributed by atoms with Gasteiger partial charge in [0.1, 0.15) is 11.6 Å². The van der Waals surface area contributed by atoms with Crippen molar-refractivity contribution in [3.63, 3.8) is 0 Å². The molecular formula is C27H29ClF4N4O6S2. The lowest BCUT2D eigenvalue weighted by Gasteiger charge is -2.38. The summed E-state index contributed by atoms with van der Waals surface area (Å²) in [6, 6.07) is 7.31. The van der Waals surface area contributed by atoms with Gasteiger partial charge >= 0.3 is 6.36 Å². The molecule has 1 saturated heterocycles. The summed E-state index contributed by atoms with van der Waals surface area (Å²) in [4.78, 5) is 15.8. The molecule has 0 radical (unpaired) electrons. The zero-order valence-electron chi connectivity index (χ0n) is 24.1. The second-order valence-corrected chi connectivity index (χ2v) is 14.5. The molecular weight excluding hydrogens is 652 g/mol. The minimum Gasteiger partial charge on any atom is -0.404 e. The molecule has 0 N–H and O–H groups in total. The molecule has 3 rings (SSSR count). The van der Waals surface area contributed by atoms with Crippen molar-refractivity contribution < 1.29 is 43.9 Å². The minimum absolute atomic E-state index is 0.165. The van der Waals surface area contributed by atoms with Crippen LogP contribution in [-0.2, 0) is 31.4 Å². The van der Waals surface area contributed by atoms with Crippen LogP contribution in [0, 0.1) is 5.82 Å². The molecule has 2 aromatic rings. The molecule has 240 valence electrons. The van der Waals surface area contributed by atoms with Crippen LogP contribution < -0.4 is 4.74 Å². The molecule has 0 aliphatic carbocycles. The van der Waals surface area contributed by atoms with Gasteiger partial charge in [0.2, 0.25) is 20.0 Å². The van der Waals surface area contributed by atoms with Crippen molar-refractivity contribution in [1.29, 1.82) is 0 Å². The van der Waals surface area contributed by atoms with Gasteiger partial charge in [0.15, 0.2) is 0 Å². The third-order valence-electron chi connectivity index (χ3n) is 6.18. The Morgan fingerprint density at radius 1 is 1.02 bits per heavy atom. The fraction of sp³-hybridized carbons (Fsp3) is 0.296. The Morgan fingerprint density at radius 2 is 1.61 bits per heavy atom. The Balaban J connectivity index is 2.03. The summed E-state index contributed by atoms with van der Waals surface area (Å²) in [6.45, 7) is 0.336. The number of ether oxygens (including phenoxy) is 1. The van der Waals surface area contributed by atoms with Crippen molar-refractivity contribution in [3.8, 4) is 5.75 Å². The van der Waals surface area contributed by atoms with Gasteiger partial charge in [-0.3, -0.25) is 14.0 Å². The van der Waals surface area contributed by atoms with Gasteiger partial charge < -0.3 is 9.64 Å². The summed E-state index contributed by atoms with van der Waals surface area (Å²) in [6.07, 6.45) is 0.772. The second-order valence-electron chi connectivity index (χ2n) is 9.90. The highest BCUT2D eigenvalue weighted by atomic mass is 35.5. The molecule has 1 heterocycles. The smallest absolute Gasteiger partial charge is 0.404 e. The molecule has 17 heteroatoms. The third kappa shape index (κ3) is 8.74. The van der Waals surface area contributed by atoms with Crippen molar-refractivity contribution in [2.24, 2.45) is 0 Å². The normalized spacial score (nSPS) is 16.1. The Kier molecular flexibility index (Phi) is 10.4. The van der Waals surface area contributed by atoms with Crippen LogP contribution in [0.25, 0.3) is 6.08 Å². The van der Waals surface area contributed by atoms with E-state index in [1.807, 2.05) is 0 Å². The summed E-state index contributed by atoms with van der Waals surface area (Å²) in [7, 11) is -2.52. The summed E-state index contributed by atoms with van der Waals surface area (Å²) in [5, 5.41) is -0.627. The highest BCUT2D eigenvalue weighted by Gasteiger charge is 2.34. The molecule has 1 fully saturated rings. The Bertz CT molecular complexity index is 1730. The number of sulfonamides is 2. The van der Waals surface area contributed by atoms with Gasteiger partial charge in [-0.1, -0.05) is 23.7 Å². The number of hydrogen-bond acceptors (Lipinski definition) is 7. The zero-order valence-corrected chi connectivity index (χ0v) is 26.5. The van der Waals surface area contributed by atoms with Crippen molar-refractivity contribution >= 4 is 43.6 Å². The first-order valence-electron chi connectivity index (χ1n) is 12.5. The van der Waals surface area contributed by atoms with E-state index in [0.717, 1.165) is 44.7 Å². The first-order chi connectivity index (χ1) is 20.2. The van der Waals surface area contributed by atoms with Crippen molar-refractivity contribution in [1.82, 2.24) is 18.4 Å². The van der Waals surface area contributed by atoms with Crippen molar-refractivity contribution in [2.45, 2.75) is 24.2 Å². The predicted molar refractivity (Wildman–Crippen MR) is 156 cm³/mol. The molecule has 2 aromatic carbocycles. The van der Waals surface area contributed by atoms with E-state index in [1.54, 1.807) is 30.3 Å². The van der Waals surface area contributed by atoms with E-state index in [2.05, 4.69) is 4.74 Å². The number of amides is 1. The highest BCUT2D eigenvalue weighted by Crippen LogP contribution is 2.37. The van der Waals surface area contributed by atoms with Gasteiger partial charge in [0, 0.05) is 71.0 Å². The largest absolute Gasteiger partial charge is 0.573 e. The van der Waals surface area contributed by atoms with Crippen LogP contribution in [0.3, 0.4) is 0 Å². The number of halogens is 5. The van der Waals surface area contributed by atoms with Gasteiger partial charge in [-0.2, -0.15) is 0 Å². The van der Waals surface area contributed by atoms with Gasteiger partial charge in [-0.15, -0.1) is 13.2 Å². The van der Waals surface area contributed by atoms with E-state index >= 15 is 0 Å². The summed E-state index contributed by atoms with van der Waals surface area (Å²) < 4.78 is 108. The molecule has 1 amide bonds. The topological polar surface area (TPSA) is 108 Å². The summed E-state index contributed by atoms with van der Waals surface area (Å²) >= 11 is 5.90. The van der Waals surface area contributed by atoms with E-state index in [4.69, 9.17) is 11.6 Å². The molecule has 44 heavy (non-hydrogen) atoms. The lowest BCUT2D eigenvalue weighted by molar-refractivity contribution is -0.274. The van der Waals surface area contributed by atoms with Crippen LogP contribution in [0.2, 0.25) is 5.02 Å². The summed E-state index contributed by atoms with van der Waals surface area (Å²) in [5.41, 5.74) is 1.14. The lowest BCUT2D eigenvalue weighted by Crippen LogP contribution is -2.39. The number of benzene rings is 2. The van der Waals surface area contributed by atoms with Crippen LogP contribution in [0.15, 0.2) is 71.2 Å². The maximum absolute atomic E-state index is 13.4. The molecule has 0 atom stereocenters. The van der Waals surface area contributed by atoms with Crippen molar-refractivity contribution in [2.75, 3.05) is 34.4 Å². The number of carbonyl (C=O) groups excluding carboxylic acids is 1. The third-order valence-corrected chi connectivity index (χ3v) is 9.50. The molecule has 1 aliphatic rings. The number of rotatable bonds is 10. The van der Waals surface area contributed by atoms with E-state index in [-0.39, 0.29) is 17.7 Å². The van der Waals surface area contributed by atoms with Gasteiger partial charge in [-0.05, 0) is 41.5 Å². The van der Waals surface area contributed by atoms with Crippen LogP contribution in [0.5, 0.6) is 5.75 Å². The average molecular weight is 681 g/mol. The zero-order chi connectivity index (χ0) is 33.2. The number of carbonyl (C=O) groups is 1. The van der Waals surface area contributed by atoms with Crippen LogP contribution >= 0.6 is 11.6 Å². The van der Waals surface area contributed by atoms with Gasteiger partial charge in [0.05, 0.1) is 16.2 Å². The number of hydrogen-bond donors (Lipinski definition) is 0. The molecule has 0 unspecified atom stereocenters. The first kappa shape index (κ1) is 34.9. The standard InChI is InChI=1S/C27H29ClF4N4O6S2/c1-33(2)44(40,41)25-14-23(28)24(42-27(30,31)32)12-19(25)8-11-26(37)36-21(13-22(36)17-35(4)43(5,38)39)16-34(3)15-18-6-9-20(29)10-7-18/h6-12,14,16-17H,13,15H2,1-5H3/b11-8+,21-16+,22-17+. The molecule has 0 bridgehead atoms. The molecule has 1 aliphatic heterocycles. The number of likely N-dealkylation sites (tertiary alicyclic amines) is 1. The second kappa shape index (κ2) is 13.2. The van der Waals surface area contributed by atoms with Crippen LogP contribution in [-0.4, -0.2) is 82.0 Å². The molecule has 0 saturated carbocycles. The maximum Gasteiger partial charge on any atom is 0.573 e. The van der Waals surface area contributed by atoms with Crippen LogP contribution in [0.1, 0.15) is 17.5 Å². The minimum atomic E-state index is -5.13. The SMILES string of the molecule is CN(/C=C1\C/C(=C\N(C)S(C)(=O)=O)N1C(=O)/C=C/c1cc(OC(F)(F)F)c(Cl)cc1S(=O)(=O)N(C)C)Cc1ccc(F)cc1. The van der Waals surface area contributed by atoms with Gasteiger partial charge in [-0.25, -0.2) is 25.5 Å². The van der Waals surface area contributed by atoms with E-state index in [1.165, 1.54) is 44.4 Å². The van der Waals surface area contributed by atoms with Crippen LogP contribution in [0.4, 0.5) is 17.6 Å². The Morgan fingerprint density at radius 3 is 2.16 bits per heavy atom. The molecule has 0 spiro atoms. The number of alkyl halides is 3. The van der Waals surface area contributed by atoms with E-state index < -0.39 is 53.8 Å². The van der Waals surface area contributed by atoms with Crippen molar-refractivity contribution in [3.05, 3.63) is 88.2 Å². The predicted octanol–water partition coefficient (Wildman–Crippen LogP) is 4.58. The molecule has 0 aromatic heterocycles. The van der Waals surface area contributed by atoms with E-state index in [9.17, 15) is 39.2 Å². The first-order valence-corrected chi connectivity index (χ1v) is 16.2. The fourth-order valence-electron chi connectivity index (χ4n) is 3.95.